The molecule has 1 saturated heterocycles. The second-order valence-corrected chi connectivity index (χ2v) is 4.72. The number of carbonyl (C=O) groups is 1. The number of hydrogen-bond donors (Lipinski definition) is 2. The maximum Gasteiger partial charge on any atom is 0.274 e. The van der Waals surface area contributed by atoms with Gasteiger partial charge in [0.25, 0.3) is 11.5 Å². The van der Waals surface area contributed by atoms with E-state index >= 15 is 0 Å². The largest absolute Gasteiger partial charge is 0.335 e. The van der Waals surface area contributed by atoms with Crippen LogP contribution in [-0.2, 0) is 0 Å². The Hall–Kier alpha value is -1.69. The molecular weight excluding hydrogens is 232 g/mol. The van der Waals surface area contributed by atoms with E-state index in [0.717, 1.165) is 19.0 Å². The van der Waals surface area contributed by atoms with Gasteiger partial charge in [-0.25, -0.2) is 4.98 Å². The maximum absolute atomic E-state index is 12.1. The summed E-state index contributed by atoms with van der Waals surface area (Å²) in [4.78, 5) is 31.0. The smallest absolute Gasteiger partial charge is 0.274 e. The third-order valence-corrected chi connectivity index (χ3v) is 3.33. The third-order valence-electron chi connectivity index (χ3n) is 3.33. The van der Waals surface area contributed by atoms with E-state index in [1.165, 1.54) is 6.20 Å². The lowest BCUT2D eigenvalue weighted by Gasteiger charge is -2.15. The highest BCUT2D eigenvalue weighted by atomic mass is 16.2. The predicted molar refractivity (Wildman–Crippen MR) is 67.1 cm³/mol. The van der Waals surface area contributed by atoms with E-state index in [4.69, 9.17) is 5.73 Å². The average molecular weight is 250 g/mol. The Morgan fingerprint density at radius 2 is 2.39 bits per heavy atom. The van der Waals surface area contributed by atoms with Crippen molar-refractivity contribution >= 4 is 5.91 Å². The van der Waals surface area contributed by atoms with E-state index in [9.17, 15) is 9.59 Å². The van der Waals surface area contributed by atoms with Gasteiger partial charge in [-0.15, -0.1) is 0 Å². The molecule has 1 aromatic rings. The van der Waals surface area contributed by atoms with Gasteiger partial charge in [-0.05, 0) is 12.3 Å². The third kappa shape index (κ3) is 2.59. The molecule has 0 spiro atoms. The summed E-state index contributed by atoms with van der Waals surface area (Å²) in [6, 6.07) is 0.0386. The predicted octanol–water partition coefficient (Wildman–Crippen LogP) is -0.0307. The lowest BCUT2D eigenvalue weighted by molar-refractivity contribution is 0.0779. The zero-order valence-electron chi connectivity index (χ0n) is 10.4. The van der Waals surface area contributed by atoms with Crippen LogP contribution in [0.4, 0.5) is 0 Å². The highest BCUT2D eigenvalue weighted by molar-refractivity contribution is 5.92. The Balaban J connectivity index is 2.07. The van der Waals surface area contributed by atoms with Crippen LogP contribution < -0.4 is 11.3 Å². The zero-order valence-corrected chi connectivity index (χ0v) is 10.4. The summed E-state index contributed by atoms with van der Waals surface area (Å²) in [7, 11) is 0. The van der Waals surface area contributed by atoms with Gasteiger partial charge < -0.3 is 15.6 Å². The summed E-state index contributed by atoms with van der Waals surface area (Å²) >= 11 is 0. The van der Waals surface area contributed by atoms with Crippen LogP contribution in [0.2, 0.25) is 0 Å². The van der Waals surface area contributed by atoms with Crippen molar-refractivity contribution in [1.82, 2.24) is 14.9 Å². The molecule has 0 unspecified atom stereocenters. The molecule has 18 heavy (non-hydrogen) atoms. The van der Waals surface area contributed by atoms with Gasteiger partial charge in [0.2, 0.25) is 0 Å². The number of aromatic nitrogens is 2. The Labute approximate surface area is 105 Å². The summed E-state index contributed by atoms with van der Waals surface area (Å²) in [6.45, 7) is 3.35. The molecule has 0 saturated carbocycles. The minimum absolute atomic E-state index is 0.0386. The standard InChI is InChI=1S/C12H18N4O2/c1-2-3-8-6-16(7-9(8)13)12(18)10-4-15-11(17)5-14-10/h4-5,8-9H,2-3,6-7,13H2,1H3,(H,15,17)/t8-,9-/m1/s1. The Morgan fingerprint density at radius 3 is 3.00 bits per heavy atom. The van der Waals surface area contributed by atoms with Gasteiger partial charge in [0.05, 0.1) is 6.20 Å². The molecule has 2 atom stereocenters. The van der Waals surface area contributed by atoms with Gasteiger partial charge in [0.15, 0.2) is 0 Å². The van der Waals surface area contributed by atoms with Crippen molar-refractivity contribution in [3.05, 3.63) is 28.4 Å². The van der Waals surface area contributed by atoms with E-state index in [0.29, 0.717) is 19.0 Å². The molecule has 0 aromatic carbocycles. The van der Waals surface area contributed by atoms with Crippen LogP contribution in [0.1, 0.15) is 30.3 Å². The fourth-order valence-electron chi connectivity index (χ4n) is 2.36. The second-order valence-electron chi connectivity index (χ2n) is 4.72. The van der Waals surface area contributed by atoms with Gasteiger partial charge in [-0.2, -0.15) is 0 Å². The van der Waals surface area contributed by atoms with Crippen molar-refractivity contribution in [2.45, 2.75) is 25.8 Å². The summed E-state index contributed by atoms with van der Waals surface area (Å²) in [5.41, 5.74) is 5.97. The first kappa shape index (κ1) is 12.8. The van der Waals surface area contributed by atoms with Crippen molar-refractivity contribution < 1.29 is 4.79 Å². The highest BCUT2D eigenvalue weighted by Gasteiger charge is 2.32. The van der Waals surface area contributed by atoms with Crippen LogP contribution in [0, 0.1) is 5.92 Å². The molecule has 0 aliphatic carbocycles. The van der Waals surface area contributed by atoms with Crippen LogP contribution in [-0.4, -0.2) is 39.9 Å². The minimum Gasteiger partial charge on any atom is -0.335 e. The minimum atomic E-state index is -0.312. The highest BCUT2D eigenvalue weighted by Crippen LogP contribution is 2.21. The van der Waals surface area contributed by atoms with Crippen molar-refractivity contribution in [3.8, 4) is 0 Å². The number of amides is 1. The fraction of sp³-hybridized carbons (Fsp3) is 0.583. The first-order valence-corrected chi connectivity index (χ1v) is 6.21. The Kier molecular flexibility index (Phi) is 3.76. The van der Waals surface area contributed by atoms with E-state index in [2.05, 4.69) is 16.9 Å². The fourth-order valence-corrected chi connectivity index (χ4v) is 2.36. The molecule has 1 fully saturated rings. The van der Waals surface area contributed by atoms with Crippen LogP contribution in [0.25, 0.3) is 0 Å². The van der Waals surface area contributed by atoms with Crippen molar-refractivity contribution in [2.24, 2.45) is 11.7 Å². The molecular formula is C12H18N4O2. The lowest BCUT2D eigenvalue weighted by atomic mass is 9.99. The van der Waals surface area contributed by atoms with E-state index in [1.807, 2.05) is 0 Å². The number of aromatic amines is 1. The van der Waals surface area contributed by atoms with E-state index < -0.39 is 0 Å². The van der Waals surface area contributed by atoms with Crippen LogP contribution in [0.15, 0.2) is 17.2 Å². The summed E-state index contributed by atoms with van der Waals surface area (Å²) < 4.78 is 0. The number of nitrogens with zero attached hydrogens (tertiary/aromatic N) is 2. The second kappa shape index (κ2) is 5.30. The van der Waals surface area contributed by atoms with E-state index in [-0.39, 0.29) is 23.2 Å². The number of carbonyl (C=O) groups excluding carboxylic acids is 1. The topological polar surface area (TPSA) is 92.1 Å². The summed E-state index contributed by atoms with van der Waals surface area (Å²) in [5.74, 6) is 0.196. The Morgan fingerprint density at radius 1 is 1.61 bits per heavy atom. The first-order valence-electron chi connectivity index (χ1n) is 6.21. The molecule has 0 radical (unpaired) electrons. The van der Waals surface area contributed by atoms with Crippen LogP contribution in [0.5, 0.6) is 0 Å². The molecule has 6 heteroatoms. The monoisotopic (exact) mass is 250 g/mol. The number of H-pyrrole nitrogens is 1. The molecule has 2 rings (SSSR count). The summed E-state index contributed by atoms with van der Waals surface area (Å²) in [6.07, 6.45) is 4.57. The maximum atomic E-state index is 12.1. The molecule has 3 N–H and O–H groups in total. The number of likely N-dealkylation sites (tertiary alicyclic amines) is 1. The number of nitrogens with two attached hydrogens (primary N) is 1. The molecule has 1 aromatic heterocycles. The SMILES string of the molecule is CCC[C@@H]1CN(C(=O)c2c[nH]c(=O)cn2)C[C@H]1N. The number of rotatable bonds is 3. The van der Waals surface area contributed by atoms with Gasteiger partial charge in [0.1, 0.15) is 5.69 Å². The van der Waals surface area contributed by atoms with Gasteiger partial charge in [-0.3, -0.25) is 9.59 Å². The number of nitrogens with one attached hydrogen (secondary N) is 1. The molecule has 1 aliphatic heterocycles. The van der Waals surface area contributed by atoms with Gasteiger partial charge >= 0.3 is 0 Å². The lowest BCUT2D eigenvalue weighted by Crippen LogP contribution is -2.33. The van der Waals surface area contributed by atoms with Gasteiger partial charge in [0, 0.05) is 25.3 Å². The van der Waals surface area contributed by atoms with Crippen molar-refractivity contribution in [1.29, 1.82) is 0 Å². The van der Waals surface area contributed by atoms with Crippen LogP contribution >= 0.6 is 0 Å². The molecule has 1 amide bonds. The van der Waals surface area contributed by atoms with E-state index in [1.54, 1.807) is 4.90 Å². The molecule has 98 valence electrons. The normalized spacial score (nSPS) is 23.3. The molecule has 6 nitrogen and oxygen atoms in total. The first-order chi connectivity index (χ1) is 8.61. The summed E-state index contributed by atoms with van der Waals surface area (Å²) in [5, 5.41) is 0. The van der Waals surface area contributed by atoms with Crippen molar-refractivity contribution in [3.63, 3.8) is 0 Å². The average Bonchev–Trinajstić information content (AvgIpc) is 2.72. The molecule has 0 bridgehead atoms. The van der Waals surface area contributed by atoms with Crippen LogP contribution in [0.3, 0.4) is 0 Å². The van der Waals surface area contributed by atoms with Crippen molar-refractivity contribution in [2.75, 3.05) is 13.1 Å². The van der Waals surface area contributed by atoms with Gasteiger partial charge in [-0.1, -0.05) is 13.3 Å². The Bertz CT molecular complexity index is 465. The zero-order chi connectivity index (χ0) is 13.1. The molecule has 2 heterocycles. The quantitative estimate of drug-likeness (QED) is 0.788. The number of hydrogen-bond acceptors (Lipinski definition) is 4. The molecule has 1 aliphatic rings.